The molecule has 0 N–H and O–H groups in total. The van der Waals surface area contributed by atoms with Gasteiger partial charge in [-0.3, -0.25) is 14.5 Å². The molecule has 1 aliphatic rings. The molecule has 0 unspecified atom stereocenters. The van der Waals surface area contributed by atoms with Gasteiger partial charge >= 0.3 is 19.1 Å². The highest BCUT2D eigenvalue weighted by Gasteiger charge is 2.29. The van der Waals surface area contributed by atoms with E-state index in [9.17, 15) is 9.59 Å². The average molecular weight is 273 g/mol. The third-order valence-electron chi connectivity index (χ3n) is 2.91. The van der Waals surface area contributed by atoms with Gasteiger partial charge in [-0.2, -0.15) is 0 Å². The lowest BCUT2D eigenvalue weighted by atomic mass is 9.87. The molecule has 20 heavy (non-hydrogen) atoms. The number of carbonyl (C=O) groups excluding carboxylic acids is 2. The Balaban J connectivity index is 2.09. The molecule has 0 saturated carbocycles. The molecule has 1 aromatic carbocycles. The maximum absolute atomic E-state index is 11.6. The Labute approximate surface area is 118 Å². The quantitative estimate of drug-likeness (QED) is 0.754. The zero-order chi connectivity index (χ0) is 14.5. The van der Waals surface area contributed by atoms with Crippen LogP contribution in [0.2, 0.25) is 0 Å². The molecule has 2 rings (SSSR count). The van der Waals surface area contributed by atoms with Crippen LogP contribution < -0.4 is 0 Å². The van der Waals surface area contributed by atoms with Crippen molar-refractivity contribution in [2.45, 2.75) is 6.92 Å². The summed E-state index contributed by atoms with van der Waals surface area (Å²) in [6.07, 6.45) is 1.78. The fraction of sp³-hybridized carbons (Fsp3) is 0.286. The minimum atomic E-state index is -0.969. The lowest BCUT2D eigenvalue weighted by Crippen LogP contribution is -2.41. The second-order valence-electron chi connectivity index (χ2n) is 4.74. The molecule has 0 aliphatic carbocycles. The molecule has 1 fully saturated rings. The molecule has 1 aliphatic heterocycles. The summed E-state index contributed by atoms with van der Waals surface area (Å²) in [6, 6.07) is 7.77. The topological polar surface area (TPSA) is 55.8 Å². The van der Waals surface area contributed by atoms with Crippen molar-refractivity contribution < 1.29 is 18.9 Å². The van der Waals surface area contributed by atoms with Crippen LogP contribution in [0.1, 0.15) is 11.1 Å². The van der Waals surface area contributed by atoms with Gasteiger partial charge in [0.25, 0.3) is 0 Å². The van der Waals surface area contributed by atoms with Crippen LogP contribution in [-0.4, -0.2) is 44.1 Å². The Bertz CT molecular complexity index is 524. The molecule has 1 aromatic rings. The molecular weight excluding hydrogens is 257 g/mol. The molecule has 1 heterocycles. The second-order valence-corrected chi connectivity index (χ2v) is 4.74. The number of likely N-dealkylation sites (N-methyl/N-ethyl adjacent to an activating group) is 1. The van der Waals surface area contributed by atoms with Crippen LogP contribution in [0.25, 0.3) is 6.08 Å². The third-order valence-corrected chi connectivity index (χ3v) is 2.91. The number of benzene rings is 1. The van der Waals surface area contributed by atoms with Gasteiger partial charge in [0.2, 0.25) is 0 Å². The van der Waals surface area contributed by atoms with E-state index >= 15 is 0 Å². The molecule has 0 aromatic heterocycles. The average Bonchev–Trinajstić information content (AvgIpc) is 2.35. The lowest BCUT2D eigenvalue weighted by molar-refractivity contribution is -0.145. The molecule has 0 spiro atoms. The molecule has 0 radical (unpaired) electrons. The number of hydrogen-bond donors (Lipinski definition) is 0. The first-order chi connectivity index (χ1) is 9.54. The van der Waals surface area contributed by atoms with E-state index in [1.54, 1.807) is 24.0 Å². The summed E-state index contributed by atoms with van der Waals surface area (Å²) in [6.45, 7) is 2.12. The lowest BCUT2D eigenvalue weighted by Gasteiger charge is -2.21. The predicted octanol–water partition coefficient (Wildman–Crippen LogP) is 1.07. The largest absolute Gasteiger partial charge is 0.628 e. The number of nitrogens with zero attached hydrogens (tertiary/aromatic N) is 1. The highest BCUT2D eigenvalue weighted by molar-refractivity contribution is 6.55. The van der Waals surface area contributed by atoms with Crippen LogP contribution >= 0.6 is 0 Å². The highest BCUT2D eigenvalue weighted by Crippen LogP contribution is 2.10. The van der Waals surface area contributed by atoms with Gasteiger partial charge in [-0.1, -0.05) is 30.3 Å². The molecule has 6 heteroatoms. The van der Waals surface area contributed by atoms with Gasteiger partial charge < -0.3 is 9.31 Å². The fourth-order valence-corrected chi connectivity index (χ4v) is 1.89. The zero-order valence-electron chi connectivity index (χ0n) is 11.5. The number of hydrogen-bond acceptors (Lipinski definition) is 5. The summed E-state index contributed by atoms with van der Waals surface area (Å²) in [5, 5.41) is 0. The van der Waals surface area contributed by atoms with Crippen LogP contribution in [0.4, 0.5) is 0 Å². The van der Waals surface area contributed by atoms with Gasteiger partial charge in [-0.25, -0.2) is 0 Å². The molecule has 5 nitrogen and oxygen atoms in total. The normalized spacial score (nSPS) is 17.6. The van der Waals surface area contributed by atoms with Crippen molar-refractivity contribution in [3.63, 3.8) is 0 Å². The van der Waals surface area contributed by atoms with Gasteiger partial charge in [0.1, 0.15) is 0 Å². The van der Waals surface area contributed by atoms with Gasteiger partial charge in [0, 0.05) is 0 Å². The van der Waals surface area contributed by atoms with E-state index in [1.807, 2.05) is 31.2 Å². The molecule has 0 atom stereocenters. The van der Waals surface area contributed by atoms with Crippen molar-refractivity contribution >= 4 is 25.1 Å². The zero-order valence-corrected chi connectivity index (χ0v) is 11.5. The minimum absolute atomic E-state index is 0.0732. The first-order valence-electron chi connectivity index (χ1n) is 6.36. The first-order valence-corrected chi connectivity index (χ1v) is 6.36. The van der Waals surface area contributed by atoms with E-state index in [4.69, 9.17) is 9.31 Å². The molecule has 0 amide bonds. The first kappa shape index (κ1) is 14.3. The van der Waals surface area contributed by atoms with Gasteiger partial charge in [-0.15, -0.1) is 0 Å². The summed E-state index contributed by atoms with van der Waals surface area (Å²) in [4.78, 5) is 24.7. The van der Waals surface area contributed by atoms with Gasteiger partial charge in [0.05, 0.1) is 13.1 Å². The number of rotatable bonds is 2. The third kappa shape index (κ3) is 3.96. The predicted molar refractivity (Wildman–Crippen MR) is 75.6 cm³/mol. The Morgan fingerprint density at radius 3 is 2.35 bits per heavy atom. The Hall–Kier alpha value is -2.08. The number of aryl methyl sites for hydroxylation is 1. The van der Waals surface area contributed by atoms with Crippen molar-refractivity contribution in [3.8, 4) is 0 Å². The van der Waals surface area contributed by atoms with Crippen molar-refractivity contribution in [1.82, 2.24) is 4.90 Å². The molecule has 0 bridgehead atoms. The number of carbonyl (C=O) groups is 2. The maximum Gasteiger partial charge on any atom is 0.628 e. The van der Waals surface area contributed by atoms with Crippen LogP contribution in [0.3, 0.4) is 0 Å². The molecular formula is C14H16BNO4. The fourth-order valence-electron chi connectivity index (χ4n) is 1.89. The highest BCUT2D eigenvalue weighted by atomic mass is 16.6. The van der Waals surface area contributed by atoms with Crippen LogP contribution in [0, 0.1) is 6.92 Å². The Kier molecular flexibility index (Phi) is 4.58. The summed E-state index contributed by atoms with van der Waals surface area (Å²) >= 11 is 0. The van der Waals surface area contributed by atoms with E-state index < -0.39 is 19.1 Å². The van der Waals surface area contributed by atoms with E-state index in [0.29, 0.717) is 0 Å². The SMILES string of the molecule is Cc1ccccc1/C=C/B1OC(=O)CN(C)CC(=O)O1. The Morgan fingerprint density at radius 2 is 1.75 bits per heavy atom. The van der Waals surface area contributed by atoms with Crippen LogP contribution in [-0.2, 0) is 18.9 Å². The van der Waals surface area contributed by atoms with E-state index in [0.717, 1.165) is 11.1 Å². The summed E-state index contributed by atoms with van der Waals surface area (Å²) in [7, 11) is 0.690. The van der Waals surface area contributed by atoms with Gasteiger partial charge in [-0.05, 0) is 31.1 Å². The summed E-state index contributed by atoms with van der Waals surface area (Å²) in [5.41, 5.74) is 2.07. The summed E-state index contributed by atoms with van der Waals surface area (Å²) in [5.74, 6) is 0.738. The van der Waals surface area contributed by atoms with Crippen molar-refractivity contribution in [1.29, 1.82) is 0 Å². The van der Waals surface area contributed by atoms with Crippen LogP contribution in [0.5, 0.6) is 0 Å². The summed E-state index contributed by atoms with van der Waals surface area (Å²) < 4.78 is 10.2. The Morgan fingerprint density at radius 1 is 1.15 bits per heavy atom. The van der Waals surface area contributed by atoms with Crippen LogP contribution in [0.15, 0.2) is 30.2 Å². The smallest absolute Gasteiger partial charge is 0.495 e. The van der Waals surface area contributed by atoms with E-state index in [-0.39, 0.29) is 13.1 Å². The van der Waals surface area contributed by atoms with E-state index in [1.165, 1.54) is 0 Å². The van der Waals surface area contributed by atoms with Crippen molar-refractivity contribution in [3.05, 3.63) is 41.4 Å². The van der Waals surface area contributed by atoms with Crippen molar-refractivity contribution in [2.24, 2.45) is 0 Å². The van der Waals surface area contributed by atoms with Gasteiger partial charge in [0.15, 0.2) is 0 Å². The van der Waals surface area contributed by atoms with E-state index in [2.05, 4.69) is 0 Å². The maximum atomic E-state index is 11.6. The molecule has 104 valence electrons. The monoisotopic (exact) mass is 273 g/mol. The van der Waals surface area contributed by atoms with Crippen molar-refractivity contribution in [2.75, 3.05) is 20.1 Å². The minimum Gasteiger partial charge on any atom is -0.495 e. The molecule has 1 saturated heterocycles. The second kappa shape index (κ2) is 6.39. The standard InChI is InChI=1S/C14H16BNO4/c1-11-5-3-4-6-12(11)7-8-15-19-13(17)9-16(2)10-14(18)20-15/h3-8H,9-10H2,1-2H3/b8-7+.